The predicted molar refractivity (Wildman–Crippen MR) is 69.4 cm³/mol. The van der Waals surface area contributed by atoms with Crippen LogP contribution >= 0.6 is 27.5 Å². The van der Waals surface area contributed by atoms with Crippen LogP contribution in [0.4, 0.5) is 5.69 Å². The minimum atomic E-state index is -0.437. The van der Waals surface area contributed by atoms with Gasteiger partial charge in [-0.25, -0.2) is 0 Å². The van der Waals surface area contributed by atoms with E-state index in [4.69, 9.17) is 11.6 Å². The number of alkyl halides is 1. The fourth-order valence-corrected chi connectivity index (χ4v) is 2.53. The second-order valence-corrected chi connectivity index (χ2v) is 5.33. The van der Waals surface area contributed by atoms with Crippen LogP contribution in [-0.4, -0.2) is 9.75 Å². The monoisotopic (exact) mass is 305 g/mol. The first-order valence-electron chi connectivity index (χ1n) is 5.11. The summed E-state index contributed by atoms with van der Waals surface area (Å²) in [6.07, 6.45) is 2.96. The minimum absolute atomic E-state index is 0.0374. The van der Waals surface area contributed by atoms with E-state index in [1.54, 1.807) is 6.07 Å². The van der Waals surface area contributed by atoms with Gasteiger partial charge >= 0.3 is 0 Å². The number of nitro groups is 1. The van der Waals surface area contributed by atoms with Crippen LogP contribution in [-0.2, 0) is 6.42 Å². The number of hydrogen-bond donors (Lipinski definition) is 0. The minimum Gasteiger partial charge on any atom is -0.258 e. The summed E-state index contributed by atoms with van der Waals surface area (Å²) in [4.78, 5) is 10.5. The lowest BCUT2D eigenvalue weighted by atomic mass is 10.1. The third-order valence-electron chi connectivity index (χ3n) is 2.29. The summed E-state index contributed by atoms with van der Waals surface area (Å²) < 4.78 is 0. The molecule has 0 amide bonds. The lowest BCUT2D eigenvalue weighted by Gasteiger charge is -2.09. The molecule has 3 nitrogen and oxygen atoms in total. The second kappa shape index (κ2) is 6.21. The first kappa shape index (κ1) is 13.5. The number of rotatable bonds is 5. The molecule has 0 radical (unpaired) electrons. The molecule has 0 N–H and O–H groups in total. The van der Waals surface area contributed by atoms with Gasteiger partial charge < -0.3 is 0 Å². The van der Waals surface area contributed by atoms with Crippen LogP contribution in [0.3, 0.4) is 0 Å². The Kier molecular flexibility index (Phi) is 5.22. The van der Waals surface area contributed by atoms with Gasteiger partial charge in [-0.15, -0.1) is 0 Å². The number of hydrogen-bond acceptors (Lipinski definition) is 2. The topological polar surface area (TPSA) is 43.1 Å². The summed E-state index contributed by atoms with van der Waals surface area (Å²) in [5.74, 6) is 0. The van der Waals surface area contributed by atoms with Crippen molar-refractivity contribution < 1.29 is 4.92 Å². The zero-order chi connectivity index (χ0) is 12.1. The summed E-state index contributed by atoms with van der Waals surface area (Å²) in [5, 5.41) is 11.0. The van der Waals surface area contributed by atoms with E-state index >= 15 is 0 Å². The zero-order valence-corrected chi connectivity index (χ0v) is 11.3. The largest absolute Gasteiger partial charge is 0.270 e. The maximum absolute atomic E-state index is 10.5. The van der Waals surface area contributed by atoms with Crippen molar-refractivity contribution in [2.45, 2.75) is 31.0 Å². The summed E-state index contributed by atoms with van der Waals surface area (Å²) >= 11 is 9.56. The molecule has 1 rings (SSSR count). The van der Waals surface area contributed by atoms with E-state index in [0.717, 1.165) is 24.8 Å². The van der Waals surface area contributed by atoms with Crippen molar-refractivity contribution in [1.82, 2.24) is 0 Å². The van der Waals surface area contributed by atoms with Crippen LogP contribution in [0.1, 0.15) is 25.3 Å². The molecule has 0 aliphatic carbocycles. The van der Waals surface area contributed by atoms with E-state index in [1.807, 2.05) is 0 Å². The highest BCUT2D eigenvalue weighted by Crippen LogP contribution is 2.25. The standard InChI is InChI=1S/C11H13BrClNO2/c1-2-3-9(12)6-8-4-5-10(14(15)16)7-11(8)13/h4-5,7,9H,2-3,6H2,1H3. The summed E-state index contributed by atoms with van der Waals surface area (Å²) in [6.45, 7) is 2.12. The molecule has 5 heteroatoms. The molecule has 0 aliphatic heterocycles. The molecule has 88 valence electrons. The van der Waals surface area contributed by atoms with Crippen LogP contribution < -0.4 is 0 Å². The van der Waals surface area contributed by atoms with Gasteiger partial charge in [-0.05, 0) is 18.4 Å². The van der Waals surface area contributed by atoms with Gasteiger partial charge in [-0.1, -0.05) is 46.9 Å². The van der Waals surface area contributed by atoms with Crippen molar-refractivity contribution in [2.75, 3.05) is 0 Å². The zero-order valence-electron chi connectivity index (χ0n) is 8.95. The number of benzene rings is 1. The normalized spacial score (nSPS) is 12.4. The Hall–Kier alpha value is -0.610. The highest BCUT2D eigenvalue weighted by atomic mass is 79.9. The molecule has 0 saturated heterocycles. The Morgan fingerprint density at radius 1 is 1.56 bits per heavy atom. The second-order valence-electron chi connectivity index (χ2n) is 3.62. The van der Waals surface area contributed by atoms with Crippen molar-refractivity contribution in [3.8, 4) is 0 Å². The first-order valence-corrected chi connectivity index (χ1v) is 6.40. The van der Waals surface area contributed by atoms with E-state index in [0.29, 0.717) is 9.85 Å². The lowest BCUT2D eigenvalue weighted by Crippen LogP contribution is -2.02. The smallest absolute Gasteiger partial charge is 0.258 e. The predicted octanol–water partition coefficient (Wildman–Crippen LogP) is 4.35. The quantitative estimate of drug-likeness (QED) is 0.461. The fraction of sp³-hybridized carbons (Fsp3) is 0.455. The average molecular weight is 307 g/mol. The van der Waals surface area contributed by atoms with Gasteiger partial charge in [0.05, 0.1) is 9.95 Å². The highest BCUT2D eigenvalue weighted by Gasteiger charge is 2.12. The van der Waals surface area contributed by atoms with E-state index in [-0.39, 0.29) is 5.69 Å². The van der Waals surface area contributed by atoms with Crippen molar-refractivity contribution in [1.29, 1.82) is 0 Å². The maximum atomic E-state index is 10.5. The molecule has 1 unspecified atom stereocenters. The number of halogens is 2. The van der Waals surface area contributed by atoms with Gasteiger partial charge in [0.1, 0.15) is 0 Å². The number of nitro benzene ring substituents is 1. The van der Waals surface area contributed by atoms with Gasteiger partial charge in [0.25, 0.3) is 5.69 Å². The molecule has 1 aromatic carbocycles. The molecular weight excluding hydrogens is 293 g/mol. The summed E-state index contributed by atoms with van der Waals surface area (Å²) in [7, 11) is 0. The molecule has 0 aliphatic rings. The molecule has 16 heavy (non-hydrogen) atoms. The van der Waals surface area contributed by atoms with Crippen molar-refractivity contribution in [2.24, 2.45) is 0 Å². The van der Waals surface area contributed by atoms with E-state index in [2.05, 4.69) is 22.9 Å². The molecule has 1 atom stereocenters. The van der Waals surface area contributed by atoms with Gasteiger partial charge in [0, 0.05) is 17.0 Å². The summed E-state index contributed by atoms with van der Waals surface area (Å²) in [6, 6.07) is 4.62. The lowest BCUT2D eigenvalue weighted by molar-refractivity contribution is -0.384. The van der Waals surface area contributed by atoms with Crippen LogP contribution in [0.2, 0.25) is 5.02 Å². The molecule has 1 aromatic rings. The van der Waals surface area contributed by atoms with E-state index in [1.165, 1.54) is 12.1 Å². The van der Waals surface area contributed by atoms with E-state index in [9.17, 15) is 10.1 Å². The Balaban J connectivity index is 2.79. The first-order chi connectivity index (χ1) is 7.54. The Bertz CT molecular complexity index is 384. The number of nitrogens with zero attached hydrogens (tertiary/aromatic N) is 1. The summed E-state index contributed by atoms with van der Waals surface area (Å²) in [5.41, 5.74) is 0.984. The fourth-order valence-electron chi connectivity index (χ4n) is 1.47. The van der Waals surface area contributed by atoms with Crippen molar-refractivity contribution in [3.63, 3.8) is 0 Å². The van der Waals surface area contributed by atoms with Gasteiger partial charge in [-0.2, -0.15) is 0 Å². The molecule has 0 saturated carbocycles. The molecule has 0 spiro atoms. The number of non-ortho nitro benzene ring substituents is 1. The molecular formula is C11H13BrClNO2. The molecule has 0 fully saturated rings. The van der Waals surface area contributed by atoms with Crippen molar-refractivity contribution >= 4 is 33.2 Å². The van der Waals surface area contributed by atoms with Gasteiger partial charge in [0.15, 0.2) is 0 Å². The highest BCUT2D eigenvalue weighted by molar-refractivity contribution is 9.09. The Labute approximate surface area is 108 Å². The van der Waals surface area contributed by atoms with Crippen LogP contribution in [0.15, 0.2) is 18.2 Å². The third kappa shape index (κ3) is 3.76. The van der Waals surface area contributed by atoms with Crippen LogP contribution in [0, 0.1) is 10.1 Å². The van der Waals surface area contributed by atoms with Crippen molar-refractivity contribution in [3.05, 3.63) is 38.9 Å². The van der Waals surface area contributed by atoms with Crippen LogP contribution in [0.25, 0.3) is 0 Å². The van der Waals surface area contributed by atoms with E-state index < -0.39 is 4.92 Å². The molecule has 0 bridgehead atoms. The Morgan fingerprint density at radius 2 is 2.25 bits per heavy atom. The Morgan fingerprint density at radius 3 is 2.75 bits per heavy atom. The molecule has 0 aromatic heterocycles. The van der Waals surface area contributed by atoms with Crippen LogP contribution in [0.5, 0.6) is 0 Å². The average Bonchev–Trinajstić information content (AvgIpc) is 2.21. The maximum Gasteiger partial charge on any atom is 0.270 e. The third-order valence-corrected chi connectivity index (χ3v) is 3.42. The van der Waals surface area contributed by atoms with Gasteiger partial charge in [-0.3, -0.25) is 10.1 Å². The van der Waals surface area contributed by atoms with Gasteiger partial charge in [0.2, 0.25) is 0 Å². The molecule has 0 heterocycles. The SMILES string of the molecule is CCCC(Br)Cc1ccc([N+](=O)[O-])cc1Cl.